The van der Waals surface area contributed by atoms with E-state index in [1.54, 1.807) is 19.5 Å². The summed E-state index contributed by atoms with van der Waals surface area (Å²) in [6, 6.07) is 7.79. The topological polar surface area (TPSA) is 39.9 Å². The number of aromatic nitrogens is 3. The number of nitrogens with zero attached hydrogens (tertiary/aromatic N) is 3. The second-order valence-electron chi connectivity index (χ2n) is 4.18. The molecule has 20 heavy (non-hydrogen) atoms. The maximum Gasteiger partial charge on any atom is 0.133 e. The first-order chi connectivity index (χ1) is 9.74. The lowest BCUT2D eigenvalue weighted by Crippen LogP contribution is -1.99. The van der Waals surface area contributed by atoms with Gasteiger partial charge in [0.1, 0.15) is 17.1 Å². The molecule has 2 aromatic heterocycles. The van der Waals surface area contributed by atoms with Gasteiger partial charge in [0.15, 0.2) is 0 Å². The van der Waals surface area contributed by atoms with Crippen molar-refractivity contribution in [3.05, 3.63) is 47.0 Å². The van der Waals surface area contributed by atoms with Gasteiger partial charge in [-0.2, -0.15) is 0 Å². The van der Waals surface area contributed by atoms with Crippen molar-refractivity contribution in [1.29, 1.82) is 0 Å². The number of imidazole rings is 1. The predicted octanol–water partition coefficient (Wildman–Crippen LogP) is 3.93. The third-order valence-corrected chi connectivity index (χ3v) is 3.90. The van der Waals surface area contributed by atoms with Crippen molar-refractivity contribution in [2.45, 2.75) is 5.88 Å². The summed E-state index contributed by atoms with van der Waals surface area (Å²) < 4.78 is 8.16. The minimum absolute atomic E-state index is 0.332. The van der Waals surface area contributed by atoms with E-state index in [1.807, 2.05) is 28.8 Å². The van der Waals surface area contributed by atoms with Crippen LogP contribution in [-0.2, 0) is 5.88 Å². The van der Waals surface area contributed by atoms with E-state index in [9.17, 15) is 0 Å². The van der Waals surface area contributed by atoms with Crippen molar-refractivity contribution in [2.24, 2.45) is 0 Å². The predicted molar refractivity (Wildman–Crippen MR) is 82.7 cm³/mol. The normalized spacial score (nSPS) is 10.9. The quantitative estimate of drug-likeness (QED) is 0.671. The number of ether oxygens (including phenoxy) is 1. The average Bonchev–Trinajstić information content (AvgIpc) is 2.85. The van der Waals surface area contributed by atoms with Crippen LogP contribution in [0, 0.1) is 0 Å². The number of hydrogen-bond acceptors (Lipinski definition) is 3. The second kappa shape index (κ2) is 5.42. The van der Waals surface area contributed by atoms with Crippen molar-refractivity contribution in [3.8, 4) is 11.4 Å². The molecule has 102 valence electrons. The van der Waals surface area contributed by atoms with Crippen LogP contribution in [-0.4, -0.2) is 21.6 Å². The Hall–Kier alpha value is -1.59. The maximum atomic E-state index is 6.01. The van der Waals surface area contributed by atoms with Crippen LogP contribution in [0.2, 0.25) is 0 Å². The van der Waals surface area contributed by atoms with Gasteiger partial charge in [-0.05, 0) is 40.2 Å². The molecule has 0 saturated carbocycles. The fourth-order valence-corrected chi connectivity index (χ4v) is 2.86. The number of rotatable bonds is 3. The van der Waals surface area contributed by atoms with E-state index < -0.39 is 0 Å². The average molecular weight is 353 g/mol. The van der Waals surface area contributed by atoms with E-state index in [0.29, 0.717) is 5.88 Å². The summed E-state index contributed by atoms with van der Waals surface area (Å²) in [7, 11) is 1.64. The number of pyridine rings is 1. The number of benzene rings is 1. The SMILES string of the molecule is COc1ccc(-n2c(CCl)nc3cnccc32)cc1Br. The van der Waals surface area contributed by atoms with E-state index >= 15 is 0 Å². The standard InChI is InChI=1S/C14H11BrClN3O/c1-20-13-3-2-9(6-10(13)15)19-12-4-5-17-8-11(12)18-14(19)7-16/h2-6,8H,7H2,1H3. The van der Waals surface area contributed by atoms with Crippen LogP contribution in [0.25, 0.3) is 16.7 Å². The highest BCUT2D eigenvalue weighted by atomic mass is 79.9. The molecule has 0 fully saturated rings. The van der Waals surface area contributed by atoms with Gasteiger partial charge in [0.2, 0.25) is 0 Å². The van der Waals surface area contributed by atoms with Crippen LogP contribution in [0.15, 0.2) is 41.1 Å². The van der Waals surface area contributed by atoms with Gasteiger partial charge < -0.3 is 4.74 Å². The minimum Gasteiger partial charge on any atom is -0.496 e. The number of halogens is 2. The Balaban J connectivity index is 2.25. The molecule has 0 spiro atoms. The lowest BCUT2D eigenvalue weighted by molar-refractivity contribution is 0.412. The monoisotopic (exact) mass is 351 g/mol. The van der Waals surface area contributed by atoms with E-state index in [1.165, 1.54) is 0 Å². The van der Waals surface area contributed by atoms with Gasteiger partial charge in [-0.1, -0.05) is 0 Å². The molecule has 1 aromatic carbocycles. The number of fused-ring (bicyclic) bond motifs is 1. The minimum atomic E-state index is 0.332. The first-order valence-electron chi connectivity index (χ1n) is 5.96. The van der Waals surface area contributed by atoms with Crippen LogP contribution < -0.4 is 4.74 Å². The number of methoxy groups -OCH3 is 1. The molecule has 0 N–H and O–H groups in total. The van der Waals surface area contributed by atoms with E-state index in [2.05, 4.69) is 25.9 Å². The molecule has 0 aliphatic carbocycles. The fourth-order valence-electron chi connectivity index (χ4n) is 2.15. The number of hydrogen-bond donors (Lipinski definition) is 0. The second-order valence-corrected chi connectivity index (χ2v) is 5.30. The van der Waals surface area contributed by atoms with Gasteiger partial charge in [-0.3, -0.25) is 9.55 Å². The highest BCUT2D eigenvalue weighted by molar-refractivity contribution is 9.10. The van der Waals surface area contributed by atoms with E-state index in [0.717, 1.165) is 32.8 Å². The molecular formula is C14H11BrClN3O. The van der Waals surface area contributed by atoms with Crippen molar-refractivity contribution >= 4 is 38.6 Å². The van der Waals surface area contributed by atoms with E-state index in [-0.39, 0.29) is 0 Å². The third kappa shape index (κ3) is 2.17. The molecule has 2 heterocycles. The van der Waals surface area contributed by atoms with Gasteiger partial charge in [-0.25, -0.2) is 4.98 Å². The highest BCUT2D eigenvalue weighted by Crippen LogP contribution is 2.29. The summed E-state index contributed by atoms with van der Waals surface area (Å²) in [6.07, 6.45) is 3.48. The van der Waals surface area contributed by atoms with Crippen molar-refractivity contribution in [3.63, 3.8) is 0 Å². The van der Waals surface area contributed by atoms with Crippen LogP contribution >= 0.6 is 27.5 Å². The summed E-state index contributed by atoms with van der Waals surface area (Å²) in [5.74, 6) is 1.90. The molecule has 6 heteroatoms. The molecule has 4 nitrogen and oxygen atoms in total. The molecule has 3 rings (SSSR count). The Kier molecular flexibility index (Phi) is 3.63. The van der Waals surface area contributed by atoms with Crippen LogP contribution in [0.5, 0.6) is 5.75 Å². The summed E-state index contributed by atoms with van der Waals surface area (Å²) >= 11 is 9.51. The Bertz CT molecular complexity index is 772. The number of alkyl halides is 1. The summed E-state index contributed by atoms with van der Waals surface area (Å²) in [5, 5.41) is 0. The van der Waals surface area contributed by atoms with Crippen molar-refractivity contribution in [1.82, 2.24) is 14.5 Å². The molecule has 3 aromatic rings. The lowest BCUT2D eigenvalue weighted by Gasteiger charge is -2.10. The van der Waals surface area contributed by atoms with Gasteiger partial charge in [0, 0.05) is 11.9 Å². The zero-order valence-electron chi connectivity index (χ0n) is 10.7. The van der Waals surface area contributed by atoms with Crippen LogP contribution in [0.4, 0.5) is 0 Å². The molecule has 0 amide bonds. The lowest BCUT2D eigenvalue weighted by atomic mass is 10.3. The molecule has 0 saturated heterocycles. The van der Waals surface area contributed by atoms with Crippen LogP contribution in [0.3, 0.4) is 0 Å². The Labute approximate surface area is 129 Å². The third-order valence-electron chi connectivity index (χ3n) is 3.04. The molecule has 0 unspecified atom stereocenters. The maximum absolute atomic E-state index is 6.01. The Morgan fingerprint density at radius 2 is 2.20 bits per heavy atom. The van der Waals surface area contributed by atoms with Crippen molar-refractivity contribution < 1.29 is 4.74 Å². The molecule has 0 radical (unpaired) electrons. The van der Waals surface area contributed by atoms with Gasteiger partial charge in [0.25, 0.3) is 0 Å². The van der Waals surface area contributed by atoms with Crippen LogP contribution in [0.1, 0.15) is 5.82 Å². The highest BCUT2D eigenvalue weighted by Gasteiger charge is 2.12. The first-order valence-corrected chi connectivity index (χ1v) is 7.28. The zero-order chi connectivity index (χ0) is 14.1. The van der Waals surface area contributed by atoms with Gasteiger partial charge in [-0.15, -0.1) is 11.6 Å². The van der Waals surface area contributed by atoms with Crippen molar-refractivity contribution in [2.75, 3.05) is 7.11 Å². The molecule has 0 atom stereocenters. The Morgan fingerprint density at radius 1 is 1.35 bits per heavy atom. The molecule has 0 bridgehead atoms. The molecule has 0 aliphatic rings. The Morgan fingerprint density at radius 3 is 2.90 bits per heavy atom. The fraction of sp³-hybridized carbons (Fsp3) is 0.143. The first kappa shape index (κ1) is 13.4. The van der Waals surface area contributed by atoms with E-state index in [4.69, 9.17) is 16.3 Å². The summed E-state index contributed by atoms with van der Waals surface area (Å²) in [4.78, 5) is 8.59. The van der Waals surface area contributed by atoms with Gasteiger partial charge >= 0.3 is 0 Å². The summed E-state index contributed by atoms with van der Waals surface area (Å²) in [6.45, 7) is 0. The largest absolute Gasteiger partial charge is 0.496 e. The molecule has 0 aliphatic heterocycles. The van der Waals surface area contributed by atoms with Gasteiger partial charge in [0.05, 0.1) is 29.2 Å². The molecular weight excluding hydrogens is 342 g/mol. The zero-order valence-corrected chi connectivity index (χ0v) is 13.0. The summed E-state index contributed by atoms with van der Waals surface area (Å²) in [5.41, 5.74) is 2.78. The smallest absolute Gasteiger partial charge is 0.133 e.